The zero-order valence-corrected chi connectivity index (χ0v) is 15.3. The first-order valence-corrected chi connectivity index (χ1v) is 10.1. The van der Waals surface area contributed by atoms with Crippen molar-refractivity contribution < 1.29 is 0 Å². The van der Waals surface area contributed by atoms with E-state index in [4.69, 9.17) is 0 Å². The first kappa shape index (κ1) is 17.0. The van der Waals surface area contributed by atoms with Crippen LogP contribution in [0, 0.1) is 0 Å². The molecule has 0 bridgehead atoms. The third-order valence-corrected chi connectivity index (χ3v) is 5.80. The lowest BCUT2D eigenvalue weighted by molar-refractivity contribution is 0.687. The minimum absolute atomic E-state index is 0.865. The van der Waals surface area contributed by atoms with Gasteiger partial charge in [-0.25, -0.2) is 0 Å². The lowest BCUT2D eigenvalue weighted by atomic mass is 10.2. The van der Waals surface area contributed by atoms with Gasteiger partial charge in [0.15, 0.2) is 11.0 Å². The molecular weight excluding hydrogens is 336 g/mol. The standard InChI is InChI=1S/C18H20N4S2/c1-2-22-17(16-8-10-19-11-9-16)20-21-18(22)24-13-12-23-14-15-6-4-3-5-7-15/h3-11H,2,12-14H2,1H3. The van der Waals surface area contributed by atoms with E-state index in [-0.39, 0.29) is 0 Å². The quantitative estimate of drug-likeness (QED) is 0.442. The smallest absolute Gasteiger partial charge is 0.191 e. The van der Waals surface area contributed by atoms with Crippen LogP contribution in [0.2, 0.25) is 0 Å². The maximum Gasteiger partial charge on any atom is 0.191 e. The van der Waals surface area contributed by atoms with Crippen LogP contribution in [0.4, 0.5) is 0 Å². The number of aromatic nitrogens is 4. The minimum atomic E-state index is 0.865. The number of hydrogen-bond acceptors (Lipinski definition) is 5. The average molecular weight is 357 g/mol. The van der Waals surface area contributed by atoms with Gasteiger partial charge in [0.25, 0.3) is 0 Å². The molecule has 24 heavy (non-hydrogen) atoms. The molecule has 3 aromatic rings. The van der Waals surface area contributed by atoms with E-state index in [1.807, 2.05) is 23.9 Å². The molecule has 0 atom stereocenters. The van der Waals surface area contributed by atoms with Gasteiger partial charge in [-0.3, -0.25) is 4.98 Å². The first-order valence-electron chi connectivity index (χ1n) is 7.96. The van der Waals surface area contributed by atoms with E-state index < -0.39 is 0 Å². The molecule has 0 radical (unpaired) electrons. The summed E-state index contributed by atoms with van der Waals surface area (Å²) in [4.78, 5) is 4.06. The second kappa shape index (κ2) is 8.89. The molecule has 0 saturated carbocycles. The third kappa shape index (κ3) is 4.39. The molecule has 6 heteroatoms. The summed E-state index contributed by atoms with van der Waals surface area (Å²) in [6.07, 6.45) is 3.58. The molecule has 0 amide bonds. The molecule has 0 spiro atoms. The summed E-state index contributed by atoms with van der Waals surface area (Å²) in [6, 6.07) is 14.5. The van der Waals surface area contributed by atoms with E-state index in [0.717, 1.165) is 40.3 Å². The van der Waals surface area contributed by atoms with Gasteiger partial charge in [0.1, 0.15) is 0 Å². The molecule has 1 aromatic carbocycles. The monoisotopic (exact) mass is 356 g/mol. The number of rotatable bonds is 8. The van der Waals surface area contributed by atoms with E-state index in [2.05, 4.69) is 57.0 Å². The molecule has 3 rings (SSSR count). The van der Waals surface area contributed by atoms with Gasteiger partial charge in [-0.05, 0) is 24.6 Å². The summed E-state index contributed by atoms with van der Waals surface area (Å²) < 4.78 is 2.17. The summed E-state index contributed by atoms with van der Waals surface area (Å²) in [6.45, 7) is 2.99. The van der Waals surface area contributed by atoms with Crippen LogP contribution in [0.15, 0.2) is 60.0 Å². The Kier molecular flexibility index (Phi) is 6.32. The predicted octanol–water partition coefficient (Wildman–Crippen LogP) is 4.39. The van der Waals surface area contributed by atoms with Crippen molar-refractivity contribution in [3.05, 3.63) is 60.4 Å². The van der Waals surface area contributed by atoms with E-state index in [9.17, 15) is 0 Å². The normalized spacial score (nSPS) is 10.9. The SMILES string of the molecule is CCn1c(SCCSCc2ccccc2)nnc1-c1ccncc1. The minimum Gasteiger partial charge on any atom is -0.302 e. The van der Waals surface area contributed by atoms with E-state index >= 15 is 0 Å². The van der Waals surface area contributed by atoms with Crippen LogP contribution >= 0.6 is 23.5 Å². The fourth-order valence-electron chi connectivity index (χ4n) is 2.35. The molecule has 4 nitrogen and oxygen atoms in total. The van der Waals surface area contributed by atoms with Crippen LogP contribution < -0.4 is 0 Å². The molecule has 0 saturated heterocycles. The molecule has 0 unspecified atom stereocenters. The molecule has 2 heterocycles. The molecule has 0 aliphatic heterocycles. The van der Waals surface area contributed by atoms with Gasteiger partial charge in [0, 0.05) is 41.8 Å². The number of pyridine rings is 1. The van der Waals surface area contributed by atoms with Gasteiger partial charge in [-0.2, -0.15) is 11.8 Å². The Labute approximate surface area is 151 Å². The summed E-state index contributed by atoms with van der Waals surface area (Å²) in [5, 5.41) is 9.72. The predicted molar refractivity (Wildman–Crippen MR) is 102 cm³/mol. The summed E-state index contributed by atoms with van der Waals surface area (Å²) >= 11 is 3.73. The summed E-state index contributed by atoms with van der Waals surface area (Å²) in [5.41, 5.74) is 2.44. The van der Waals surface area contributed by atoms with E-state index in [1.165, 1.54) is 5.56 Å². The maximum atomic E-state index is 4.37. The van der Waals surface area contributed by atoms with Crippen LogP contribution in [0.1, 0.15) is 12.5 Å². The average Bonchev–Trinajstić information content (AvgIpc) is 3.06. The second-order valence-electron chi connectivity index (χ2n) is 5.17. The summed E-state index contributed by atoms with van der Waals surface area (Å²) in [7, 11) is 0. The summed E-state index contributed by atoms with van der Waals surface area (Å²) in [5.74, 6) is 4.11. The third-order valence-electron chi connectivity index (χ3n) is 3.54. The van der Waals surface area contributed by atoms with Gasteiger partial charge in [0.05, 0.1) is 0 Å². The highest BCUT2D eigenvalue weighted by molar-refractivity contribution is 8.02. The highest BCUT2D eigenvalue weighted by atomic mass is 32.2. The highest BCUT2D eigenvalue weighted by Gasteiger charge is 2.12. The number of thioether (sulfide) groups is 2. The van der Waals surface area contributed by atoms with Crippen LogP contribution in [-0.4, -0.2) is 31.3 Å². The van der Waals surface area contributed by atoms with Crippen LogP contribution in [0.25, 0.3) is 11.4 Å². The molecule has 0 aliphatic rings. The zero-order chi connectivity index (χ0) is 16.6. The van der Waals surface area contributed by atoms with Crippen molar-refractivity contribution in [2.45, 2.75) is 24.4 Å². The molecular formula is C18H20N4S2. The van der Waals surface area contributed by atoms with E-state index in [1.54, 1.807) is 24.2 Å². The largest absolute Gasteiger partial charge is 0.302 e. The van der Waals surface area contributed by atoms with Crippen LogP contribution in [-0.2, 0) is 12.3 Å². The van der Waals surface area contributed by atoms with Crippen molar-refractivity contribution >= 4 is 23.5 Å². The van der Waals surface area contributed by atoms with Crippen molar-refractivity contribution in [3.8, 4) is 11.4 Å². The van der Waals surface area contributed by atoms with Gasteiger partial charge < -0.3 is 4.57 Å². The topological polar surface area (TPSA) is 43.6 Å². The van der Waals surface area contributed by atoms with E-state index in [0.29, 0.717) is 0 Å². The van der Waals surface area contributed by atoms with Gasteiger partial charge >= 0.3 is 0 Å². The fourth-order valence-corrected chi connectivity index (χ4v) is 4.38. The zero-order valence-electron chi connectivity index (χ0n) is 13.6. The Morgan fingerprint density at radius 1 is 0.958 bits per heavy atom. The number of nitrogens with zero attached hydrogens (tertiary/aromatic N) is 4. The van der Waals surface area contributed by atoms with Crippen molar-refractivity contribution in [2.75, 3.05) is 11.5 Å². The molecule has 0 fully saturated rings. The van der Waals surface area contributed by atoms with Crippen LogP contribution in [0.3, 0.4) is 0 Å². The van der Waals surface area contributed by atoms with Gasteiger partial charge in [-0.15, -0.1) is 10.2 Å². The second-order valence-corrected chi connectivity index (χ2v) is 7.34. The highest BCUT2D eigenvalue weighted by Crippen LogP contribution is 2.24. The fraction of sp³-hybridized carbons (Fsp3) is 0.278. The first-order chi connectivity index (χ1) is 11.9. The Balaban J connectivity index is 1.53. The van der Waals surface area contributed by atoms with Crippen molar-refractivity contribution in [1.29, 1.82) is 0 Å². The van der Waals surface area contributed by atoms with Gasteiger partial charge in [-0.1, -0.05) is 42.1 Å². The van der Waals surface area contributed by atoms with Gasteiger partial charge in [0.2, 0.25) is 0 Å². The molecule has 0 aliphatic carbocycles. The maximum absolute atomic E-state index is 4.37. The van der Waals surface area contributed by atoms with Crippen molar-refractivity contribution in [1.82, 2.24) is 19.7 Å². The Morgan fingerprint density at radius 3 is 2.50 bits per heavy atom. The number of hydrogen-bond donors (Lipinski definition) is 0. The lowest BCUT2D eigenvalue weighted by Crippen LogP contribution is -2.00. The van der Waals surface area contributed by atoms with Crippen molar-refractivity contribution in [3.63, 3.8) is 0 Å². The Morgan fingerprint density at radius 2 is 1.75 bits per heavy atom. The molecule has 124 valence electrons. The lowest BCUT2D eigenvalue weighted by Gasteiger charge is -2.07. The number of benzene rings is 1. The Hall–Kier alpha value is -1.79. The molecule has 0 N–H and O–H groups in total. The van der Waals surface area contributed by atoms with Crippen molar-refractivity contribution in [2.24, 2.45) is 0 Å². The van der Waals surface area contributed by atoms with Crippen LogP contribution in [0.5, 0.6) is 0 Å². The molecule has 2 aromatic heterocycles. The Bertz CT molecular complexity index is 744.